The van der Waals surface area contributed by atoms with Gasteiger partial charge < -0.3 is 11.1 Å². The van der Waals surface area contributed by atoms with Crippen LogP contribution >= 0.6 is 0 Å². The van der Waals surface area contributed by atoms with Crippen molar-refractivity contribution in [3.8, 4) is 0 Å². The molecule has 0 spiro atoms. The van der Waals surface area contributed by atoms with E-state index in [-0.39, 0.29) is 18.9 Å². The Balaban J connectivity index is 1.87. The van der Waals surface area contributed by atoms with Gasteiger partial charge in [0.25, 0.3) is 0 Å². The van der Waals surface area contributed by atoms with Crippen molar-refractivity contribution in [1.29, 1.82) is 0 Å². The summed E-state index contributed by atoms with van der Waals surface area (Å²) in [5, 5.41) is 2.67. The Morgan fingerprint density at radius 2 is 1.57 bits per heavy atom. The van der Waals surface area contributed by atoms with E-state index in [2.05, 4.69) is 5.32 Å². The zero-order valence-electron chi connectivity index (χ0n) is 11.4. The number of benzene rings is 2. The summed E-state index contributed by atoms with van der Waals surface area (Å²) in [4.78, 5) is 11.8. The molecule has 1 amide bonds. The average Bonchev–Trinajstić information content (AvgIpc) is 2.49. The lowest BCUT2D eigenvalue weighted by Gasteiger charge is -2.06. The van der Waals surface area contributed by atoms with Crippen molar-refractivity contribution in [1.82, 2.24) is 5.32 Å². The Bertz CT molecular complexity index is 627. The molecule has 110 valence electrons. The predicted molar refractivity (Wildman–Crippen MR) is 76.2 cm³/mol. The molecule has 5 heteroatoms. The Hall–Kier alpha value is -2.27. The molecular formula is C16H16F2N2O. The monoisotopic (exact) mass is 290 g/mol. The molecule has 0 fully saturated rings. The molecule has 0 atom stereocenters. The number of rotatable bonds is 5. The number of amides is 1. The van der Waals surface area contributed by atoms with Crippen LogP contribution in [0.1, 0.15) is 16.7 Å². The van der Waals surface area contributed by atoms with Gasteiger partial charge in [-0.05, 0) is 28.8 Å². The summed E-state index contributed by atoms with van der Waals surface area (Å²) in [6, 6.07) is 11.0. The summed E-state index contributed by atoms with van der Waals surface area (Å²) >= 11 is 0. The lowest BCUT2D eigenvalue weighted by Crippen LogP contribution is -2.24. The maximum Gasteiger partial charge on any atom is 0.224 e. The van der Waals surface area contributed by atoms with Crippen LogP contribution in [0, 0.1) is 11.6 Å². The fraction of sp³-hybridized carbons (Fsp3) is 0.188. The van der Waals surface area contributed by atoms with Crippen molar-refractivity contribution in [2.24, 2.45) is 5.73 Å². The van der Waals surface area contributed by atoms with Gasteiger partial charge in [0.1, 0.15) is 0 Å². The van der Waals surface area contributed by atoms with Gasteiger partial charge in [-0.1, -0.05) is 30.3 Å². The topological polar surface area (TPSA) is 55.1 Å². The third-order valence-electron chi connectivity index (χ3n) is 3.10. The Labute approximate surface area is 121 Å². The zero-order valence-corrected chi connectivity index (χ0v) is 11.4. The van der Waals surface area contributed by atoms with Crippen molar-refractivity contribution in [3.63, 3.8) is 0 Å². The third-order valence-corrected chi connectivity index (χ3v) is 3.10. The van der Waals surface area contributed by atoms with Gasteiger partial charge >= 0.3 is 0 Å². The second-order valence-corrected chi connectivity index (χ2v) is 4.72. The van der Waals surface area contributed by atoms with Gasteiger partial charge in [0, 0.05) is 13.1 Å². The molecular weight excluding hydrogens is 274 g/mol. The Kier molecular flexibility index (Phi) is 5.00. The van der Waals surface area contributed by atoms with E-state index < -0.39 is 11.6 Å². The lowest BCUT2D eigenvalue weighted by atomic mass is 10.1. The van der Waals surface area contributed by atoms with E-state index in [1.54, 1.807) is 0 Å². The van der Waals surface area contributed by atoms with E-state index in [0.29, 0.717) is 12.1 Å². The van der Waals surface area contributed by atoms with Crippen LogP contribution in [0.2, 0.25) is 0 Å². The summed E-state index contributed by atoms with van der Waals surface area (Å²) in [7, 11) is 0. The summed E-state index contributed by atoms with van der Waals surface area (Å²) in [5.41, 5.74) is 7.89. The van der Waals surface area contributed by atoms with Crippen molar-refractivity contribution in [2.45, 2.75) is 19.5 Å². The zero-order chi connectivity index (χ0) is 15.2. The molecule has 0 saturated carbocycles. The van der Waals surface area contributed by atoms with Crippen LogP contribution in [0.3, 0.4) is 0 Å². The maximum absolute atomic E-state index is 13.0. The summed E-state index contributed by atoms with van der Waals surface area (Å²) in [6.45, 7) is 0.625. The first-order chi connectivity index (χ1) is 10.1. The van der Waals surface area contributed by atoms with Crippen LogP contribution < -0.4 is 11.1 Å². The van der Waals surface area contributed by atoms with E-state index in [4.69, 9.17) is 5.73 Å². The number of nitrogens with two attached hydrogens (primary N) is 1. The molecule has 21 heavy (non-hydrogen) atoms. The van der Waals surface area contributed by atoms with Gasteiger partial charge in [-0.15, -0.1) is 0 Å². The number of hydrogen-bond donors (Lipinski definition) is 2. The minimum absolute atomic E-state index is 0.164. The van der Waals surface area contributed by atoms with Crippen molar-refractivity contribution < 1.29 is 13.6 Å². The predicted octanol–water partition coefficient (Wildman–Crippen LogP) is 2.28. The Morgan fingerprint density at radius 3 is 2.19 bits per heavy atom. The van der Waals surface area contributed by atoms with Crippen LogP contribution in [0.15, 0.2) is 42.5 Å². The highest BCUT2D eigenvalue weighted by atomic mass is 19.2. The molecule has 0 heterocycles. The van der Waals surface area contributed by atoms with E-state index in [1.807, 2.05) is 24.3 Å². The largest absolute Gasteiger partial charge is 0.352 e. The van der Waals surface area contributed by atoms with Gasteiger partial charge in [-0.25, -0.2) is 8.78 Å². The molecule has 0 aliphatic carbocycles. The van der Waals surface area contributed by atoms with Crippen LogP contribution in [0.25, 0.3) is 0 Å². The first-order valence-corrected chi connectivity index (χ1v) is 6.57. The number of nitrogens with one attached hydrogen (secondary N) is 1. The van der Waals surface area contributed by atoms with Crippen molar-refractivity contribution in [2.75, 3.05) is 0 Å². The first-order valence-electron chi connectivity index (χ1n) is 6.57. The molecule has 0 unspecified atom stereocenters. The molecule has 0 aliphatic heterocycles. The number of carbonyl (C=O) groups is 1. The first kappa shape index (κ1) is 15.1. The summed E-state index contributed by atoms with van der Waals surface area (Å²) < 4.78 is 25.8. The fourth-order valence-electron chi connectivity index (χ4n) is 1.89. The number of carbonyl (C=O) groups excluding carboxylic acids is 1. The standard InChI is InChI=1S/C16H16F2N2O/c17-14-6-5-13(7-15(14)18)10-20-16(21)8-11-1-3-12(9-19)4-2-11/h1-7H,8-10,19H2,(H,20,21). The van der Waals surface area contributed by atoms with Gasteiger partial charge in [-0.3, -0.25) is 4.79 Å². The number of hydrogen-bond acceptors (Lipinski definition) is 2. The van der Waals surface area contributed by atoms with Gasteiger partial charge in [0.15, 0.2) is 11.6 Å². The molecule has 2 aromatic carbocycles. The number of halogens is 2. The van der Waals surface area contributed by atoms with E-state index in [1.165, 1.54) is 6.07 Å². The lowest BCUT2D eigenvalue weighted by molar-refractivity contribution is -0.120. The molecule has 0 aromatic heterocycles. The molecule has 0 bridgehead atoms. The smallest absolute Gasteiger partial charge is 0.224 e. The van der Waals surface area contributed by atoms with Gasteiger partial charge in [0.2, 0.25) is 5.91 Å². The highest BCUT2D eigenvalue weighted by molar-refractivity contribution is 5.78. The summed E-state index contributed by atoms with van der Waals surface area (Å²) in [6.07, 6.45) is 0.231. The van der Waals surface area contributed by atoms with E-state index in [9.17, 15) is 13.6 Å². The van der Waals surface area contributed by atoms with E-state index >= 15 is 0 Å². The third kappa shape index (κ3) is 4.36. The SMILES string of the molecule is NCc1ccc(CC(=O)NCc2ccc(F)c(F)c2)cc1. The molecule has 0 radical (unpaired) electrons. The Morgan fingerprint density at radius 1 is 0.952 bits per heavy atom. The molecule has 3 nitrogen and oxygen atoms in total. The van der Waals surface area contributed by atoms with E-state index in [0.717, 1.165) is 23.3 Å². The second-order valence-electron chi connectivity index (χ2n) is 4.72. The molecule has 0 saturated heterocycles. The molecule has 0 aliphatic rings. The minimum atomic E-state index is -0.917. The van der Waals surface area contributed by atoms with Crippen LogP contribution in [-0.2, 0) is 24.3 Å². The van der Waals surface area contributed by atoms with Crippen LogP contribution in [0.4, 0.5) is 8.78 Å². The molecule has 2 rings (SSSR count). The van der Waals surface area contributed by atoms with Gasteiger partial charge in [0.05, 0.1) is 6.42 Å². The molecule has 2 aromatic rings. The quantitative estimate of drug-likeness (QED) is 0.887. The second kappa shape index (κ2) is 6.95. The average molecular weight is 290 g/mol. The van der Waals surface area contributed by atoms with Gasteiger partial charge in [-0.2, -0.15) is 0 Å². The minimum Gasteiger partial charge on any atom is -0.352 e. The summed E-state index contributed by atoms with van der Waals surface area (Å²) in [5.74, 6) is -2.00. The highest BCUT2D eigenvalue weighted by Gasteiger charge is 2.06. The fourth-order valence-corrected chi connectivity index (χ4v) is 1.89. The van der Waals surface area contributed by atoms with Crippen LogP contribution in [-0.4, -0.2) is 5.91 Å². The highest BCUT2D eigenvalue weighted by Crippen LogP contribution is 2.09. The van der Waals surface area contributed by atoms with Crippen molar-refractivity contribution >= 4 is 5.91 Å². The van der Waals surface area contributed by atoms with Crippen LogP contribution in [0.5, 0.6) is 0 Å². The van der Waals surface area contributed by atoms with Crippen molar-refractivity contribution in [3.05, 3.63) is 70.8 Å². The maximum atomic E-state index is 13.0. The normalized spacial score (nSPS) is 10.4. The molecule has 3 N–H and O–H groups in total.